The summed E-state index contributed by atoms with van der Waals surface area (Å²) in [7, 11) is 0. The standard InChI is InChI=1S/C9H12/c1-2-7-3-4-8-5-6-9(7)8/h3-9H,2H2,1H3. The highest BCUT2D eigenvalue weighted by atomic mass is 14.4. The summed E-state index contributed by atoms with van der Waals surface area (Å²) in [6.07, 6.45) is 10.7. The Morgan fingerprint density at radius 1 is 1.11 bits per heavy atom. The Hall–Kier alpha value is -0.520. The lowest BCUT2D eigenvalue weighted by Crippen LogP contribution is -2.18. The molecule has 0 radical (unpaired) electrons. The van der Waals surface area contributed by atoms with Crippen LogP contribution in [0.4, 0.5) is 0 Å². The molecule has 0 fully saturated rings. The first-order valence-corrected chi connectivity index (χ1v) is 3.78. The van der Waals surface area contributed by atoms with Crippen molar-refractivity contribution in [3.63, 3.8) is 0 Å². The van der Waals surface area contributed by atoms with Gasteiger partial charge in [0.2, 0.25) is 0 Å². The lowest BCUT2D eigenvalue weighted by Gasteiger charge is -2.25. The third-order valence-corrected chi connectivity index (χ3v) is 2.55. The van der Waals surface area contributed by atoms with Gasteiger partial charge in [0.05, 0.1) is 0 Å². The normalized spacial score (nSPS) is 44.8. The van der Waals surface area contributed by atoms with E-state index in [0.29, 0.717) is 0 Å². The van der Waals surface area contributed by atoms with Crippen molar-refractivity contribution in [2.24, 2.45) is 17.8 Å². The van der Waals surface area contributed by atoms with E-state index in [1.165, 1.54) is 6.42 Å². The zero-order valence-corrected chi connectivity index (χ0v) is 5.75. The van der Waals surface area contributed by atoms with E-state index in [2.05, 4.69) is 31.2 Å². The first-order chi connectivity index (χ1) is 4.42. The maximum absolute atomic E-state index is 2.37. The Morgan fingerprint density at radius 3 is 2.22 bits per heavy atom. The average Bonchev–Trinajstić information content (AvgIpc) is 2.07. The molecule has 0 heteroatoms. The molecule has 2 aliphatic carbocycles. The van der Waals surface area contributed by atoms with Gasteiger partial charge in [-0.15, -0.1) is 0 Å². The number of rotatable bonds is 1. The summed E-state index contributed by atoms with van der Waals surface area (Å²) < 4.78 is 0. The number of hydrogen-bond donors (Lipinski definition) is 0. The van der Waals surface area contributed by atoms with Gasteiger partial charge in [-0.25, -0.2) is 0 Å². The largest absolute Gasteiger partial charge is 0.0842 e. The van der Waals surface area contributed by atoms with Crippen LogP contribution in [0.25, 0.3) is 0 Å². The molecular formula is C9H12. The fraction of sp³-hybridized carbons (Fsp3) is 0.556. The zero-order valence-electron chi connectivity index (χ0n) is 5.75. The molecule has 0 spiro atoms. The lowest BCUT2D eigenvalue weighted by molar-refractivity contribution is 0.407. The first kappa shape index (κ1) is 5.28. The average molecular weight is 120 g/mol. The van der Waals surface area contributed by atoms with Gasteiger partial charge in [0.1, 0.15) is 0 Å². The maximum Gasteiger partial charge on any atom is 0.00152 e. The van der Waals surface area contributed by atoms with Gasteiger partial charge in [-0.2, -0.15) is 0 Å². The molecule has 0 N–H and O–H groups in total. The molecule has 0 amide bonds. The van der Waals surface area contributed by atoms with Gasteiger partial charge in [0, 0.05) is 5.92 Å². The Kier molecular flexibility index (Phi) is 1.01. The molecule has 0 aromatic carbocycles. The predicted molar refractivity (Wildman–Crippen MR) is 39.0 cm³/mol. The second-order valence-electron chi connectivity index (χ2n) is 3.00. The molecule has 0 bridgehead atoms. The second-order valence-corrected chi connectivity index (χ2v) is 3.00. The van der Waals surface area contributed by atoms with Crippen LogP contribution in [0.2, 0.25) is 0 Å². The molecule has 2 aliphatic rings. The molecule has 9 heavy (non-hydrogen) atoms. The van der Waals surface area contributed by atoms with Gasteiger partial charge in [-0.1, -0.05) is 31.2 Å². The van der Waals surface area contributed by atoms with Gasteiger partial charge in [0.25, 0.3) is 0 Å². The molecule has 0 aliphatic heterocycles. The minimum Gasteiger partial charge on any atom is -0.0842 e. The molecule has 2 rings (SSSR count). The smallest absolute Gasteiger partial charge is 0.00152 e. The van der Waals surface area contributed by atoms with E-state index in [9.17, 15) is 0 Å². The molecular weight excluding hydrogens is 108 g/mol. The minimum atomic E-state index is 0.815. The maximum atomic E-state index is 2.37. The van der Waals surface area contributed by atoms with Crippen LogP contribution in [0.3, 0.4) is 0 Å². The molecule has 3 unspecified atom stereocenters. The van der Waals surface area contributed by atoms with Crippen LogP contribution in [0.15, 0.2) is 24.3 Å². The van der Waals surface area contributed by atoms with Gasteiger partial charge < -0.3 is 0 Å². The fourth-order valence-corrected chi connectivity index (χ4v) is 1.80. The lowest BCUT2D eigenvalue weighted by atomic mass is 9.79. The quantitative estimate of drug-likeness (QED) is 0.466. The third-order valence-electron chi connectivity index (χ3n) is 2.55. The monoisotopic (exact) mass is 120 g/mol. The van der Waals surface area contributed by atoms with E-state index in [-0.39, 0.29) is 0 Å². The highest BCUT2D eigenvalue weighted by Gasteiger charge is 2.31. The number of fused-ring (bicyclic) bond motifs is 1. The van der Waals surface area contributed by atoms with Crippen molar-refractivity contribution in [2.75, 3.05) is 0 Å². The molecule has 0 heterocycles. The van der Waals surface area contributed by atoms with Crippen molar-refractivity contribution in [1.82, 2.24) is 0 Å². The first-order valence-electron chi connectivity index (χ1n) is 3.78. The molecule has 48 valence electrons. The fourth-order valence-electron chi connectivity index (χ4n) is 1.80. The number of allylic oxidation sites excluding steroid dienone is 4. The summed E-state index contributed by atoms with van der Waals surface area (Å²) >= 11 is 0. The summed E-state index contributed by atoms with van der Waals surface area (Å²) in [6.45, 7) is 2.27. The van der Waals surface area contributed by atoms with E-state index in [4.69, 9.17) is 0 Å². The van der Waals surface area contributed by atoms with Crippen LogP contribution in [0, 0.1) is 17.8 Å². The summed E-state index contributed by atoms with van der Waals surface area (Å²) in [6, 6.07) is 0. The number of hydrogen-bond acceptors (Lipinski definition) is 0. The molecule has 3 atom stereocenters. The second kappa shape index (κ2) is 1.73. The summed E-state index contributed by atoms with van der Waals surface area (Å²) in [4.78, 5) is 0. The minimum absolute atomic E-state index is 0.815. The van der Waals surface area contributed by atoms with Crippen molar-refractivity contribution in [2.45, 2.75) is 13.3 Å². The van der Waals surface area contributed by atoms with Crippen LogP contribution < -0.4 is 0 Å². The molecule has 0 saturated heterocycles. The molecule has 0 saturated carbocycles. The van der Waals surface area contributed by atoms with Crippen LogP contribution >= 0.6 is 0 Å². The van der Waals surface area contributed by atoms with Gasteiger partial charge >= 0.3 is 0 Å². The van der Waals surface area contributed by atoms with Crippen molar-refractivity contribution in [3.8, 4) is 0 Å². The Morgan fingerprint density at radius 2 is 1.89 bits per heavy atom. The van der Waals surface area contributed by atoms with E-state index in [1.807, 2.05) is 0 Å². The van der Waals surface area contributed by atoms with Crippen LogP contribution in [-0.2, 0) is 0 Å². The summed E-state index contributed by atoms with van der Waals surface area (Å²) in [5.41, 5.74) is 0. The van der Waals surface area contributed by atoms with E-state index >= 15 is 0 Å². The molecule has 0 nitrogen and oxygen atoms in total. The van der Waals surface area contributed by atoms with E-state index in [1.54, 1.807) is 0 Å². The Balaban J connectivity index is 2.14. The van der Waals surface area contributed by atoms with Crippen molar-refractivity contribution >= 4 is 0 Å². The molecule has 0 aromatic heterocycles. The van der Waals surface area contributed by atoms with Crippen LogP contribution in [0.5, 0.6) is 0 Å². The molecule has 0 aromatic rings. The van der Waals surface area contributed by atoms with E-state index < -0.39 is 0 Å². The van der Waals surface area contributed by atoms with Crippen molar-refractivity contribution in [1.29, 1.82) is 0 Å². The highest BCUT2D eigenvalue weighted by Crippen LogP contribution is 2.40. The Labute approximate surface area is 56.3 Å². The third kappa shape index (κ3) is 0.592. The van der Waals surface area contributed by atoms with Gasteiger partial charge in [-0.05, 0) is 18.3 Å². The zero-order chi connectivity index (χ0) is 6.27. The van der Waals surface area contributed by atoms with Gasteiger partial charge in [0.15, 0.2) is 0 Å². The van der Waals surface area contributed by atoms with Gasteiger partial charge in [-0.3, -0.25) is 0 Å². The van der Waals surface area contributed by atoms with Crippen molar-refractivity contribution in [3.05, 3.63) is 24.3 Å². The van der Waals surface area contributed by atoms with Crippen LogP contribution in [0.1, 0.15) is 13.3 Å². The van der Waals surface area contributed by atoms with Crippen molar-refractivity contribution < 1.29 is 0 Å². The Bertz CT molecular complexity index is 165. The predicted octanol–water partition coefficient (Wildman–Crippen LogP) is 2.38. The van der Waals surface area contributed by atoms with Crippen LogP contribution in [-0.4, -0.2) is 0 Å². The topological polar surface area (TPSA) is 0 Å². The summed E-state index contributed by atoms with van der Waals surface area (Å²) in [5.74, 6) is 2.56. The van der Waals surface area contributed by atoms with E-state index in [0.717, 1.165) is 17.8 Å². The SMILES string of the molecule is CCC1C=CC2C=CC21. The summed E-state index contributed by atoms with van der Waals surface area (Å²) in [5, 5.41) is 0. The highest BCUT2D eigenvalue weighted by molar-refractivity contribution is 5.25.